The minimum Gasteiger partial charge on any atom is -0.444 e. The van der Waals surface area contributed by atoms with Crippen LogP contribution >= 0.6 is 0 Å². The highest BCUT2D eigenvalue weighted by Crippen LogP contribution is 2.37. The minimum absolute atomic E-state index is 0.0896. The maximum atomic E-state index is 14.4. The van der Waals surface area contributed by atoms with Crippen LogP contribution in [0.15, 0.2) is 24.5 Å². The number of likely N-dealkylation sites (tertiary alicyclic amines) is 1. The second kappa shape index (κ2) is 8.58. The van der Waals surface area contributed by atoms with Crippen LogP contribution in [0.2, 0.25) is 0 Å². The van der Waals surface area contributed by atoms with Gasteiger partial charge in [0.1, 0.15) is 29.1 Å². The summed E-state index contributed by atoms with van der Waals surface area (Å²) in [6.45, 7) is 5.71. The van der Waals surface area contributed by atoms with Crippen LogP contribution in [0.1, 0.15) is 50.8 Å². The van der Waals surface area contributed by atoms with Crippen molar-refractivity contribution in [3.63, 3.8) is 0 Å². The van der Waals surface area contributed by atoms with E-state index in [1.807, 2.05) is 20.8 Å². The van der Waals surface area contributed by atoms with Gasteiger partial charge in [0.2, 0.25) is 0 Å². The third-order valence-electron chi connectivity index (χ3n) is 5.71. The number of nitrogen functional groups attached to an aromatic ring is 1. The highest BCUT2D eigenvalue weighted by molar-refractivity contribution is 5.88. The summed E-state index contributed by atoms with van der Waals surface area (Å²) in [5.74, 6) is -1.62. The molecule has 3 aromatic rings. The van der Waals surface area contributed by atoms with Gasteiger partial charge in [0.25, 0.3) is 0 Å². The second-order valence-corrected chi connectivity index (χ2v) is 9.23. The number of aliphatic hydroxyl groups excluding tert-OH is 1. The number of rotatable bonds is 3. The van der Waals surface area contributed by atoms with Gasteiger partial charge in [-0.2, -0.15) is 5.10 Å². The Labute approximate surface area is 190 Å². The van der Waals surface area contributed by atoms with E-state index < -0.39 is 29.4 Å². The molecule has 0 radical (unpaired) electrons. The van der Waals surface area contributed by atoms with Gasteiger partial charge in [0.05, 0.1) is 6.61 Å². The molecule has 33 heavy (non-hydrogen) atoms. The van der Waals surface area contributed by atoms with E-state index in [9.17, 15) is 18.7 Å². The standard InChI is InChI=1S/C23H27F2N5O3/c1-23(2,3)33-22(32)29-6-4-5-13(10-29)19-9-15(20-21(26)27-12-28-30(19)20)14-7-17(24)16(11-31)18(25)8-14/h7-9,12-13,31H,4-6,10-11H2,1-3H3,(H2,26,27,28)/t13-/m1/s1. The molecule has 10 heteroatoms. The fourth-order valence-corrected chi connectivity index (χ4v) is 4.22. The molecule has 0 saturated carbocycles. The van der Waals surface area contributed by atoms with Crippen LogP contribution in [0.3, 0.4) is 0 Å². The summed E-state index contributed by atoms with van der Waals surface area (Å²) in [6, 6.07) is 4.11. The lowest BCUT2D eigenvalue weighted by Crippen LogP contribution is -2.42. The van der Waals surface area contributed by atoms with Crippen molar-refractivity contribution < 1.29 is 23.4 Å². The predicted molar refractivity (Wildman–Crippen MR) is 118 cm³/mol. The van der Waals surface area contributed by atoms with Crippen molar-refractivity contribution in [2.24, 2.45) is 0 Å². The van der Waals surface area contributed by atoms with Crippen molar-refractivity contribution in [3.8, 4) is 11.1 Å². The molecule has 2 aromatic heterocycles. The predicted octanol–water partition coefficient (Wildman–Crippen LogP) is 3.86. The molecule has 0 spiro atoms. The van der Waals surface area contributed by atoms with Crippen LogP contribution in [0.5, 0.6) is 0 Å². The lowest BCUT2D eigenvalue weighted by molar-refractivity contribution is 0.0196. The molecular weight excluding hydrogens is 432 g/mol. The molecule has 1 aromatic carbocycles. The molecule has 3 N–H and O–H groups in total. The molecule has 1 atom stereocenters. The maximum Gasteiger partial charge on any atom is 0.410 e. The first-order chi connectivity index (χ1) is 15.6. The monoisotopic (exact) mass is 459 g/mol. The molecule has 1 aliphatic rings. The Morgan fingerprint density at radius 3 is 2.61 bits per heavy atom. The number of carbonyl (C=O) groups excluding carboxylic acids is 1. The molecule has 0 aliphatic carbocycles. The number of anilines is 1. The van der Waals surface area contributed by atoms with Gasteiger partial charge in [0.15, 0.2) is 5.82 Å². The summed E-state index contributed by atoms with van der Waals surface area (Å²) in [5.41, 5.74) is 7.05. The number of ether oxygens (including phenoxy) is 1. The number of nitrogens with two attached hydrogens (primary N) is 1. The summed E-state index contributed by atoms with van der Waals surface area (Å²) in [5, 5.41) is 13.6. The number of carbonyl (C=O) groups is 1. The second-order valence-electron chi connectivity index (χ2n) is 9.23. The zero-order valence-corrected chi connectivity index (χ0v) is 18.8. The molecule has 1 aliphatic heterocycles. The average molecular weight is 459 g/mol. The third kappa shape index (κ3) is 4.47. The largest absolute Gasteiger partial charge is 0.444 e. The van der Waals surface area contributed by atoms with Crippen molar-refractivity contribution in [1.29, 1.82) is 0 Å². The number of aromatic nitrogens is 3. The molecule has 1 saturated heterocycles. The number of piperidine rings is 1. The van der Waals surface area contributed by atoms with Crippen molar-refractivity contribution in [2.45, 2.75) is 51.7 Å². The van der Waals surface area contributed by atoms with Crippen molar-refractivity contribution in [1.82, 2.24) is 19.5 Å². The minimum atomic E-state index is -0.849. The zero-order valence-electron chi connectivity index (χ0n) is 18.8. The lowest BCUT2D eigenvalue weighted by Gasteiger charge is -2.34. The Morgan fingerprint density at radius 2 is 1.97 bits per heavy atom. The van der Waals surface area contributed by atoms with Crippen LogP contribution in [0.25, 0.3) is 16.6 Å². The molecule has 8 nitrogen and oxygen atoms in total. The van der Waals surface area contributed by atoms with Crippen molar-refractivity contribution in [3.05, 3.63) is 47.4 Å². The Kier molecular flexibility index (Phi) is 5.96. The van der Waals surface area contributed by atoms with Gasteiger partial charge in [-0.1, -0.05) is 0 Å². The van der Waals surface area contributed by atoms with E-state index >= 15 is 0 Å². The number of benzene rings is 1. The first-order valence-corrected chi connectivity index (χ1v) is 10.8. The number of aliphatic hydroxyl groups is 1. The topological polar surface area (TPSA) is 106 Å². The summed E-state index contributed by atoms with van der Waals surface area (Å²) >= 11 is 0. The molecule has 176 valence electrons. The summed E-state index contributed by atoms with van der Waals surface area (Å²) < 4.78 is 36.0. The van der Waals surface area contributed by atoms with Gasteiger partial charge in [-0.3, -0.25) is 0 Å². The van der Waals surface area contributed by atoms with Crippen LogP contribution in [0.4, 0.5) is 19.4 Å². The fraction of sp³-hybridized carbons (Fsp3) is 0.435. The molecule has 3 heterocycles. The molecule has 1 fully saturated rings. The molecular formula is C23H27F2N5O3. The molecule has 0 unspecified atom stereocenters. The summed E-state index contributed by atoms with van der Waals surface area (Å²) in [6.07, 6.45) is 2.49. The Balaban J connectivity index is 1.76. The third-order valence-corrected chi connectivity index (χ3v) is 5.71. The van der Waals surface area contributed by atoms with E-state index in [2.05, 4.69) is 10.1 Å². The van der Waals surface area contributed by atoms with Gasteiger partial charge in [0, 0.05) is 35.8 Å². The van der Waals surface area contributed by atoms with E-state index in [1.54, 1.807) is 15.5 Å². The normalized spacial score (nSPS) is 16.9. The smallest absolute Gasteiger partial charge is 0.410 e. The van der Waals surface area contributed by atoms with E-state index in [1.165, 1.54) is 6.33 Å². The van der Waals surface area contributed by atoms with Crippen LogP contribution in [-0.4, -0.2) is 49.4 Å². The van der Waals surface area contributed by atoms with Crippen LogP contribution < -0.4 is 5.73 Å². The molecule has 4 rings (SSSR count). The van der Waals surface area contributed by atoms with E-state index in [-0.39, 0.29) is 23.4 Å². The zero-order chi connectivity index (χ0) is 23.9. The first-order valence-electron chi connectivity index (χ1n) is 10.8. The van der Waals surface area contributed by atoms with E-state index in [0.717, 1.165) is 30.7 Å². The fourth-order valence-electron chi connectivity index (χ4n) is 4.22. The van der Waals surface area contributed by atoms with Gasteiger partial charge in [-0.25, -0.2) is 23.1 Å². The van der Waals surface area contributed by atoms with E-state index in [0.29, 0.717) is 24.2 Å². The number of nitrogens with zero attached hydrogens (tertiary/aromatic N) is 4. The van der Waals surface area contributed by atoms with Gasteiger partial charge in [-0.15, -0.1) is 0 Å². The van der Waals surface area contributed by atoms with Gasteiger partial charge in [-0.05, 0) is 57.4 Å². The maximum absolute atomic E-state index is 14.4. The Bertz CT molecular complexity index is 1180. The number of hydrogen-bond donors (Lipinski definition) is 2. The van der Waals surface area contributed by atoms with Crippen LogP contribution in [0, 0.1) is 11.6 Å². The Morgan fingerprint density at radius 1 is 1.27 bits per heavy atom. The van der Waals surface area contributed by atoms with Gasteiger partial charge >= 0.3 is 6.09 Å². The highest BCUT2D eigenvalue weighted by Gasteiger charge is 2.31. The average Bonchev–Trinajstić information content (AvgIpc) is 3.13. The summed E-state index contributed by atoms with van der Waals surface area (Å²) in [4.78, 5) is 18.3. The highest BCUT2D eigenvalue weighted by atomic mass is 19.1. The quantitative estimate of drug-likeness (QED) is 0.616. The number of hydrogen-bond acceptors (Lipinski definition) is 6. The number of fused-ring (bicyclic) bond motifs is 1. The van der Waals surface area contributed by atoms with Crippen molar-refractivity contribution >= 4 is 17.4 Å². The van der Waals surface area contributed by atoms with E-state index in [4.69, 9.17) is 10.5 Å². The Hall–Kier alpha value is -3.27. The van der Waals surface area contributed by atoms with Gasteiger partial charge < -0.3 is 20.5 Å². The number of amides is 1. The van der Waals surface area contributed by atoms with Crippen molar-refractivity contribution in [2.75, 3.05) is 18.8 Å². The number of halogens is 2. The van der Waals surface area contributed by atoms with Crippen LogP contribution in [-0.2, 0) is 11.3 Å². The summed E-state index contributed by atoms with van der Waals surface area (Å²) in [7, 11) is 0. The molecule has 0 bridgehead atoms. The lowest BCUT2D eigenvalue weighted by atomic mass is 9.94. The SMILES string of the molecule is CC(C)(C)OC(=O)N1CCC[C@@H](c2cc(-c3cc(F)c(CO)c(F)c3)c3c(N)ncnn23)C1. The molecule has 1 amide bonds. The first kappa shape index (κ1) is 22.9.